The number of aliphatic hydroxyl groups excluding tert-OH is 1. The summed E-state index contributed by atoms with van der Waals surface area (Å²) in [5.74, 6) is 0.392. The Labute approximate surface area is 117 Å². The largest absolute Gasteiger partial charge is 0.395 e. The number of anilines is 1. The van der Waals surface area contributed by atoms with Gasteiger partial charge in [-0.25, -0.2) is 9.97 Å². The first kappa shape index (κ1) is 15.7. The second kappa shape index (κ2) is 7.96. The fraction of sp³-hybridized carbons (Fsp3) is 0.583. The Balaban J connectivity index is 2.47. The molecule has 1 heterocycles. The molecule has 1 amide bonds. The van der Waals surface area contributed by atoms with Crippen molar-refractivity contribution < 1.29 is 9.90 Å². The number of thioether (sulfide) groups is 1. The molecule has 0 saturated heterocycles. The molecule has 2 N–H and O–H groups in total. The zero-order chi connectivity index (χ0) is 14.3. The van der Waals surface area contributed by atoms with E-state index in [2.05, 4.69) is 15.3 Å². The first-order valence-corrected chi connectivity index (χ1v) is 7.28. The second-order valence-electron chi connectivity index (χ2n) is 4.22. The minimum atomic E-state index is -0.116. The number of carbonyl (C=O) groups excluding carboxylic acids is 1. The van der Waals surface area contributed by atoms with Crippen molar-refractivity contribution >= 4 is 23.6 Å². The van der Waals surface area contributed by atoms with Crippen molar-refractivity contribution in [2.75, 3.05) is 31.4 Å². The molecule has 1 rings (SSSR count). The third-order valence-electron chi connectivity index (χ3n) is 2.70. The molecule has 1 aromatic heterocycles. The van der Waals surface area contributed by atoms with E-state index in [0.29, 0.717) is 5.95 Å². The number of nitrogens with one attached hydrogen (secondary N) is 1. The Bertz CT molecular complexity index is 387. The van der Waals surface area contributed by atoms with Crippen LogP contribution in [0.25, 0.3) is 0 Å². The maximum atomic E-state index is 11.9. The number of hydrogen-bond acceptors (Lipinski definition) is 6. The summed E-state index contributed by atoms with van der Waals surface area (Å²) in [4.78, 5) is 21.7. The van der Waals surface area contributed by atoms with Crippen molar-refractivity contribution in [3.05, 3.63) is 18.5 Å². The van der Waals surface area contributed by atoms with Crippen LogP contribution in [0.4, 0.5) is 5.95 Å². The Kier molecular flexibility index (Phi) is 6.58. The Morgan fingerprint density at radius 1 is 1.53 bits per heavy atom. The maximum absolute atomic E-state index is 11.9. The van der Waals surface area contributed by atoms with E-state index in [0.717, 1.165) is 0 Å². The average molecular weight is 284 g/mol. The van der Waals surface area contributed by atoms with Crippen molar-refractivity contribution in [3.63, 3.8) is 0 Å². The summed E-state index contributed by atoms with van der Waals surface area (Å²) in [5, 5.41) is 12.0. The van der Waals surface area contributed by atoms with Crippen molar-refractivity contribution in [2.24, 2.45) is 0 Å². The number of carbonyl (C=O) groups is 1. The van der Waals surface area contributed by atoms with Crippen LogP contribution in [0.5, 0.6) is 0 Å². The highest BCUT2D eigenvalue weighted by Crippen LogP contribution is 2.10. The third-order valence-corrected chi connectivity index (χ3v) is 3.87. The molecule has 1 aromatic rings. The molecule has 0 aliphatic carbocycles. The zero-order valence-electron chi connectivity index (χ0n) is 11.4. The molecule has 0 bridgehead atoms. The fourth-order valence-electron chi connectivity index (χ4n) is 1.60. The lowest BCUT2D eigenvalue weighted by Gasteiger charge is -2.23. The SMILES string of the molecule is CSC(CO)C(C)NC(=O)CN(C)c1ncccn1. The number of aromatic nitrogens is 2. The van der Waals surface area contributed by atoms with Gasteiger partial charge >= 0.3 is 0 Å². The molecule has 0 aromatic carbocycles. The van der Waals surface area contributed by atoms with Gasteiger partial charge in [-0.1, -0.05) is 0 Å². The van der Waals surface area contributed by atoms with E-state index in [4.69, 9.17) is 5.11 Å². The fourth-order valence-corrected chi connectivity index (χ4v) is 2.23. The molecule has 19 heavy (non-hydrogen) atoms. The van der Waals surface area contributed by atoms with Crippen LogP contribution >= 0.6 is 11.8 Å². The van der Waals surface area contributed by atoms with Gasteiger partial charge in [-0.2, -0.15) is 11.8 Å². The van der Waals surface area contributed by atoms with E-state index >= 15 is 0 Å². The smallest absolute Gasteiger partial charge is 0.239 e. The molecule has 7 heteroatoms. The van der Waals surface area contributed by atoms with Gasteiger partial charge in [-0.05, 0) is 19.2 Å². The van der Waals surface area contributed by atoms with Gasteiger partial charge in [0.25, 0.3) is 0 Å². The topological polar surface area (TPSA) is 78.4 Å². The lowest BCUT2D eigenvalue weighted by Crippen LogP contribution is -2.45. The van der Waals surface area contributed by atoms with Crippen molar-refractivity contribution in [2.45, 2.75) is 18.2 Å². The first-order chi connectivity index (χ1) is 9.08. The van der Waals surface area contributed by atoms with Crippen molar-refractivity contribution in [3.8, 4) is 0 Å². The van der Waals surface area contributed by atoms with E-state index in [1.54, 1.807) is 30.4 Å². The van der Waals surface area contributed by atoms with E-state index in [9.17, 15) is 4.79 Å². The molecule has 0 saturated carbocycles. The highest BCUT2D eigenvalue weighted by atomic mass is 32.2. The first-order valence-electron chi connectivity index (χ1n) is 5.99. The van der Waals surface area contributed by atoms with Gasteiger partial charge in [-0.3, -0.25) is 4.79 Å². The van der Waals surface area contributed by atoms with E-state index in [-0.39, 0.29) is 30.4 Å². The van der Waals surface area contributed by atoms with Gasteiger partial charge < -0.3 is 15.3 Å². The summed E-state index contributed by atoms with van der Waals surface area (Å²) in [6.45, 7) is 2.11. The Morgan fingerprint density at radius 3 is 2.68 bits per heavy atom. The van der Waals surface area contributed by atoms with Gasteiger partial charge in [0.05, 0.1) is 13.2 Å². The predicted molar refractivity (Wildman–Crippen MR) is 77.3 cm³/mol. The molecule has 106 valence electrons. The number of aliphatic hydroxyl groups is 1. The maximum Gasteiger partial charge on any atom is 0.239 e. The van der Waals surface area contributed by atoms with Crippen LogP contribution in [0.2, 0.25) is 0 Å². The standard InChI is InChI=1S/C12H20N4O2S/c1-9(10(8-17)19-3)15-11(18)7-16(2)12-13-5-4-6-14-12/h4-6,9-10,17H,7-8H2,1-3H3,(H,15,18). The summed E-state index contributed by atoms with van der Waals surface area (Å²) in [5.41, 5.74) is 0. The highest BCUT2D eigenvalue weighted by Gasteiger charge is 2.18. The van der Waals surface area contributed by atoms with Crippen molar-refractivity contribution in [1.29, 1.82) is 0 Å². The monoisotopic (exact) mass is 284 g/mol. The highest BCUT2D eigenvalue weighted by molar-refractivity contribution is 7.99. The number of nitrogens with zero attached hydrogens (tertiary/aromatic N) is 3. The summed E-state index contributed by atoms with van der Waals surface area (Å²) < 4.78 is 0. The minimum Gasteiger partial charge on any atom is -0.395 e. The van der Waals surface area contributed by atoms with Crippen LogP contribution in [0.3, 0.4) is 0 Å². The van der Waals surface area contributed by atoms with E-state index < -0.39 is 0 Å². The molecule has 2 atom stereocenters. The number of hydrogen-bond donors (Lipinski definition) is 2. The number of rotatable bonds is 7. The molecule has 0 radical (unpaired) electrons. The molecule has 0 aliphatic heterocycles. The summed E-state index contributed by atoms with van der Waals surface area (Å²) >= 11 is 1.53. The Hall–Kier alpha value is -1.34. The lowest BCUT2D eigenvalue weighted by atomic mass is 10.2. The summed E-state index contributed by atoms with van der Waals surface area (Å²) in [6.07, 6.45) is 5.18. The van der Waals surface area contributed by atoms with Crippen LogP contribution < -0.4 is 10.2 Å². The minimum absolute atomic E-state index is 0.00207. The molecule has 0 aliphatic rings. The van der Waals surface area contributed by atoms with E-state index in [1.165, 1.54) is 11.8 Å². The third kappa shape index (κ3) is 5.04. The zero-order valence-corrected chi connectivity index (χ0v) is 12.2. The quantitative estimate of drug-likeness (QED) is 0.741. The van der Waals surface area contributed by atoms with Gasteiger partial charge in [0.15, 0.2) is 0 Å². The number of amides is 1. The van der Waals surface area contributed by atoms with Crippen LogP contribution in [0.1, 0.15) is 6.92 Å². The predicted octanol–water partition coefficient (Wildman–Crippen LogP) is 0.141. The average Bonchev–Trinajstić information content (AvgIpc) is 2.40. The number of likely N-dealkylation sites (N-methyl/N-ethyl adjacent to an activating group) is 1. The molecular weight excluding hydrogens is 264 g/mol. The summed E-state index contributed by atoms with van der Waals surface area (Å²) in [6, 6.07) is 1.64. The van der Waals surface area contributed by atoms with Gasteiger partial charge in [0, 0.05) is 30.7 Å². The van der Waals surface area contributed by atoms with E-state index in [1.807, 2.05) is 13.2 Å². The molecular formula is C12H20N4O2S. The van der Waals surface area contributed by atoms with Gasteiger partial charge in [-0.15, -0.1) is 0 Å². The normalized spacial score (nSPS) is 13.7. The van der Waals surface area contributed by atoms with Crippen LogP contribution in [0.15, 0.2) is 18.5 Å². The van der Waals surface area contributed by atoms with Crippen molar-refractivity contribution in [1.82, 2.24) is 15.3 Å². The molecule has 6 nitrogen and oxygen atoms in total. The van der Waals surface area contributed by atoms with Crippen LogP contribution in [0, 0.1) is 0 Å². The molecule has 0 fully saturated rings. The van der Waals surface area contributed by atoms with Gasteiger partial charge in [0.1, 0.15) is 0 Å². The van der Waals surface area contributed by atoms with Crippen LogP contribution in [-0.2, 0) is 4.79 Å². The Morgan fingerprint density at radius 2 is 2.16 bits per heavy atom. The van der Waals surface area contributed by atoms with Gasteiger partial charge in [0.2, 0.25) is 11.9 Å². The molecule has 0 spiro atoms. The lowest BCUT2D eigenvalue weighted by molar-refractivity contribution is -0.120. The molecule has 2 unspecified atom stereocenters. The summed E-state index contributed by atoms with van der Waals surface area (Å²) in [7, 11) is 1.76. The second-order valence-corrected chi connectivity index (χ2v) is 5.29. The van der Waals surface area contributed by atoms with Crippen LogP contribution in [-0.4, -0.2) is 58.7 Å².